The topological polar surface area (TPSA) is 68.5 Å². The average Bonchev–Trinajstić information content (AvgIpc) is 3.32. The fraction of sp³-hybridized carbons (Fsp3) is 0.679. The fourth-order valence-corrected chi connectivity index (χ4v) is 4.66. The number of carbonyl (C=O) groups excluding carboxylic acids is 1. The summed E-state index contributed by atoms with van der Waals surface area (Å²) in [5.41, 5.74) is -0.672. The second-order valence-electron chi connectivity index (χ2n) is 11.0. The summed E-state index contributed by atoms with van der Waals surface area (Å²) in [6.07, 6.45) is 4.43. The van der Waals surface area contributed by atoms with E-state index >= 15 is 0 Å². The highest BCUT2D eigenvalue weighted by Crippen LogP contribution is 2.36. The zero-order valence-corrected chi connectivity index (χ0v) is 22.5. The van der Waals surface area contributed by atoms with Crippen LogP contribution in [0.5, 0.6) is 0 Å². The first-order valence-electron chi connectivity index (χ1n) is 13.5. The lowest BCUT2D eigenvalue weighted by atomic mass is 9.97. The molecule has 206 valence electrons. The SMILES string of the molecule is CCCCCCCCCc1ccc(-c2noc([C@@H]3CCCN(C(=O)OC(C)(C)C)C3)n2)cc1C(F)(F)F. The van der Waals surface area contributed by atoms with Crippen LogP contribution in [-0.4, -0.2) is 39.8 Å². The van der Waals surface area contributed by atoms with Gasteiger partial charge in [0.2, 0.25) is 11.7 Å². The van der Waals surface area contributed by atoms with Gasteiger partial charge in [0, 0.05) is 18.7 Å². The number of unbranched alkanes of at least 4 members (excludes halogenated alkanes) is 6. The largest absolute Gasteiger partial charge is 0.444 e. The Balaban J connectivity index is 1.67. The summed E-state index contributed by atoms with van der Waals surface area (Å²) in [7, 11) is 0. The van der Waals surface area contributed by atoms with Crippen molar-refractivity contribution in [1.29, 1.82) is 0 Å². The van der Waals surface area contributed by atoms with E-state index in [2.05, 4.69) is 17.1 Å². The van der Waals surface area contributed by atoms with Gasteiger partial charge in [0.15, 0.2) is 0 Å². The highest BCUT2D eigenvalue weighted by atomic mass is 19.4. The number of benzene rings is 1. The molecule has 2 aromatic rings. The van der Waals surface area contributed by atoms with Gasteiger partial charge in [0.1, 0.15) is 5.60 Å². The van der Waals surface area contributed by atoms with Crippen LogP contribution in [0.1, 0.15) is 108 Å². The van der Waals surface area contributed by atoms with Gasteiger partial charge in [-0.1, -0.05) is 62.7 Å². The van der Waals surface area contributed by atoms with Crippen LogP contribution < -0.4 is 0 Å². The van der Waals surface area contributed by atoms with E-state index in [1.54, 1.807) is 11.0 Å². The van der Waals surface area contributed by atoms with Gasteiger partial charge >= 0.3 is 12.3 Å². The molecule has 0 saturated carbocycles. The van der Waals surface area contributed by atoms with Crippen molar-refractivity contribution in [3.63, 3.8) is 0 Å². The molecule has 1 aliphatic rings. The highest BCUT2D eigenvalue weighted by molar-refractivity contribution is 5.68. The van der Waals surface area contributed by atoms with E-state index in [0.717, 1.165) is 44.6 Å². The van der Waals surface area contributed by atoms with Crippen molar-refractivity contribution in [2.45, 2.75) is 110 Å². The molecule has 1 aromatic heterocycles. The third-order valence-electron chi connectivity index (χ3n) is 6.59. The summed E-state index contributed by atoms with van der Waals surface area (Å²) in [5, 5.41) is 3.97. The molecule has 1 atom stereocenters. The number of amides is 1. The third-order valence-corrected chi connectivity index (χ3v) is 6.59. The van der Waals surface area contributed by atoms with E-state index in [1.807, 2.05) is 20.8 Å². The van der Waals surface area contributed by atoms with Gasteiger partial charge in [-0.15, -0.1) is 0 Å². The third kappa shape index (κ3) is 8.75. The maximum absolute atomic E-state index is 13.9. The van der Waals surface area contributed by atoms with Crippen LogP contribution >= 0.6 is 0 Å². The molecule has 0 N–H and O–H groups in total. The Hall–Kier alpha value is -2.58. The maximum Gasteiger partial charge on any atom is 0.416 e. The Morgan fingerprint density at radius 2 is 1.81 bits per heavy atom. The molecule has 0 bridgehead atoms. The Labute approximate surface area is 217 Å². The molecule has 1 aromatic carbocycles. The Kier molecular flexibility index (Phi) is 10.0. The minimum Gasteiger partial charge on any atom is -0.444 e. The molecule has 9 heteroatoms. The van der Waals surface area contributed by atoms with Crippen molar-refractivity contribution >= 4 is 6.09 Å². The Morgan fingerprint density at radius 1 is 1.11 bits per heavy atom. The minimum absolute atomic E-state index is 0.123. The van der Waals surface area contributed by atoms with Crippen LogP contribution in [0.4, 0.5) is 18.0 Å². The molecule has 6 nitrogen and oxygen atoms in total. The minimum atomic E-state index is -4.46. The maximum atomic E-state index is 13.9. The van der Waals surface area contributed by atoms with Crippen LogP contribution in [0.2, 0.25) is 0 Å². The summed E-state index contributed by atoms with van der Waals surface area (Å²) < 4.78 is 52.5. The van der Waals surface area contributed by atoms with E-state index in [4.69, 9.17) is 9.26 Å². The Bertz CT molecular complexity index is 1010. The molecular formula is C28H40F3N3O3. The zero-order chi connectivity index (χ0) is 27.1. The molecular weight excluding hydrogens is 483 g/mol. The molecule has 1 fully saturated rings. The lowest BCUT2D eigenvalue weighted by Gasteiger charge is -2.32. The summed E-state index contributed by atoms with van der Waals surface area (Å²) >= 11 is 0. The predicted octanol–water partition coefficient (Wildman–Crippen LogP) is 8.16. The van der Waals surface area contributed by atoms with Crippen molar-refractivity contribution in [1.82, 2.24) is 15.0 Å². The molecule has 1 amide bonds. The van der Waals surface area contributed by atoms with Crippen molar-refractivity contribution in [2.24, 2.45) is 0 Å². The fourth-order valence-electron chi connectivity index (χ4n) is 4.66. The van der Waals surface area contributed by atoms with E-state index in [9.17, 15) is 18.0 Å². The number of halogens is 3. The van der Waals surface area contributed by atoms with Gasteiger partial charge in [0.05, 0.1) is 11.5 Å². The lowest BCUT2D eigenvalue weighted by Crippen LogP contribution is -2.42. The molecule has 0 radical (unpaired) electrons. The van der Waals surface area contributed by atoms with Crippen LogP contribution in [0, 0.1) is 0 Å². The van der Waals surface area contributed by atoms with Crippen LogP contribution in [-0.2, 0) is 17.3 Å². The monoisotopic (exact) mass is 523 g/mol. The van der Waals surface area contributed by atoms with Crippen LogP contribution in [0.25, 0.3) is 11.4 Å². The van der Waals surface area contributed by atoms with Crippen molar-refractivity contribution in [2.75, 3.05) is 13.1 Å². The van der Waals surface area contributed by atoms with E-state index < -0.39 is 23.4 Å². The van der Waals surface area contributed by atoms with Crippen molar-refractivity contribution < 1.29 is 27.2 Å². The smallest absolute Gasteiger partial charge is 0.416 e. The van der Waals surface area contributed by atoms with Gasteiger partial charge in [0.25, 0.3) is 0 Å². The van der Waals surface area contributed by atoms with E-state index in [1.165, 1.54) is 25.3 Å². The first kappa shape index (κ1) is 29.0. The number of hydrogen-bond donors (Lipinski definition) is 0. The van der Waals surface area contributed by atoms with Crippen molar-refractivity contribution in [3.05, 3.63) is 35.2 Å². The summed E-state index contributed by atoms with van der Waals surface area (Å²) in [5.74, 6) is 0.252. The number of alkyl halides is 3. The number of nitrogens with zero attached hydrogens (tertiary/aromatic N) is 3. The number of piperidine rings is 1. The molecule has 0 unspecified atom stereocenters. The molecule has 3 rings (SSSR count). The highest BCUT2D eigenvalue weighted by Gasteiger charge is 2.34. The number of hydrogen-bond acceptors (Lipinski definition) is 5. The van der Waals surface area contributed by atoms with Gasteiger partial charge in [-0.05, 0) is 58.1 Å². The second kappa shape index (κ2) is 12.8. The molecule has 37 heavy (non-hydrogen) atoms. The first-order chi connectivity index (χ1) is 17.5. The number of aromatic nitrogens is 2. The van der Waals surface area contributed by atoms with Gasteiger partial charge in [-0.25, -0.2) is 4.79 Å². The number of likely N-dealkylation sites (tertiary alicyclic amines) is 1. The number of aryl methyl sites for hydroxylation is 1. The first-order valence-corrected chi connectivity index (χ1v) is 13.5. The standard InChI is InChI=1S/C28H40F3N3O3/c1-5-6-7-8-9-10-11-13-20-15-16-21(18-23(20)28(29,30)31)24-32-25(37-33-24)22-14-12-17-34(19-22)26(35)36-27(2,3)4/h15-16,18,22H,5-14,17,19H2,1-4H3/t22-/m1/s1. The molecule has 2 heterocycles. The average molecular weight is 524 g/mol. The summed E-state index contributed by atoms with van der Waals surface area (Å²) in [6.45, 7) is 8.53. The molecule has 0 aliphatic carbocycles. The number of ether oxygens (including phenoxy) is 1. The normalized spacial score (nSPS) is 16.7. The second-order valence-corrected chi connectivity index (χ2v) is 11.0. The summed E-state index contributed by atoms with van der Waals surface area (Å²) in [4.78, 5) is 18.5. The quantitative estimate of drug-likeness (QED) is 0.294. The predicted molar refractivity (Wildman–Crippen MR) is 136 cm³/mol. The molecule has 1 aliphatic heterocycles. The summed E-state index contributed by atoms with van der Waals surface area (Å²) in [6, 6.07) is 4.30. The number of carbonyl (C=O) groups is 1. The number of rotatable bonds is 10. The molecule has 0 spiro atoms. The van der Waals surface area contributed by atoms with Gasteiger partial charge in [-0.3, -0.25) is 0 Å². The lowest BCUT2D eigenvalue weighted by molar-refractivity contribution is -0.138. The van der Waals surface area contributed by atoms with Crippen molar-refractivity contribution in [3.8, 4) is 11.4 Å². The van der Waals surface area contributed by atoms with E-state index in [0.29, 0.717) is 31.0 Å². The Morgan fingerprint density at radius 3 is 2.49 bits per heavy atom. The van der Waals surface area contributed by atoms with E-state index in [-0.39, 0.29) is 17.3 Å². The van der Waals surface area contributed by atoms with Crippen LogP contribution in [0.3, 0.4) is 0 Å². The van der Waals surface area contributed by atoms with Gasteiger partial charge < -0.3 is 14.2 Å². The van der Waals surface area contributed by atoms with Gasteiger partial charge in [-0.2, -0.15) is 18.2 Å². The molecule has 1 saturated heterocycles. The van der Waals surface area contributed by atoms with Crippen LogP contribution in [0.15, 0.2) is 22.7 Å². The zero-order valence-electron chi connectivity index (χ0n) is 22.5.